The fraction of sp³-hybridized carbons (Fsp3) is 0.174. The van der Waals surface area contributed by atoms with E-state index in [2.05, 4.69) is 46.9 Å². The average Bonchev–Trinajstić information content (AvgIpc) is 3.27. The lowest BCUT2D eigenvalue weighted by Gasteiger charge is -2.12. The van der Waals surface area contributed by atoms with Gasteiger partial charge < -0.3 is 14.6 Å². The van der Waals surface area contributed by atoms with Gasteiger partial charge in [0.25, 0.3) is 0 Å². The molecule has 0 saturated heterocycles. The maximum Gasteiger partial charge on any atom is 0.228 e. The predicted octanol–water partition coefficient (Wildman–Crippen LogP) is 5.08. The molecule has 1 N–H and O–H groups in total. The van der Waals surface area contributed by atoms with E-state index < -0.39 is 5.82 Å². The van der Waals surface area contributed by atoms with Crippen molar-refractivity contribution in [3.05, 3.63) is 82.5 Å². The molecule has 4 rings (SSSR count). The third-order valence-corrected chi connectivity index (χ3v) is 6.58. The number of nitrogens with zero attached hydrogens (tertiary/aromatic N) is 4. The Kier molecular flexibility index (Phi) is 7.69. The van der Waals surface area contributed by atoms with Gasteiger partial charge in [0.05, 0.1) is 6.20 Å². The van der Waals surface area contributed by atoms with Gasteiger partial charge in [-0.25, -0.2) is 14.1 Å². The fourth-order valence-electron chi connectivity index (χ4n) is 3.06. The lowest BCUT2D eigenvalue weighted by Crippen LogP contribution is -2.06. The van der Waals surface area contributed by atoms with Crippen LogP contribution in [0.3, 0.4) is 0 Å². The number of alkyl halides is 1. The number of hydrogen-bond donors (Lipinski definition) is 1. The molecule has 2 heterocycles. The van der Waals surface area contributed by atoms with Crippen molar-refractivity contribution in [2.75, 3.05) is 11.9 Å². The monoisotopic (exact) mass is 576 g/mol. The molecule has 0 amide bonds. The van der Waals surface area contributed by atoms with Crippen LogP contribution in [0.25, 0.3) is 16.7 Å². The SMILES string of the molecule is OCc1nc(OCc2ccccc2)c2cnn(-c3ccc(F)cc3OC/C=C(\Br)CBr)c2n1. The first-order chi connectivity index (χ1) is 16.1. The molecule has 7 nitrogen and oxygen atoms in total. The van der Waals surface area contributed by atoms with Gasteiger partial charge >= 0.3 is 0 Å². The van der Waals surface area contributed by atoms with E-state index in [1.165, 1.54) is 16.8 Å². The Bertz CT molecular complexity index is 1280. The predicted molar refractivity (Wildman–Crippen MR) is 130 cm³/mol. The van der Waals surface area contributed by atoms with Crippen molar-refractivity contribution < 1.29 is 19.0 Å². The van der Waals surface area contributed by atoms with E-state index in [1.54, 1.807) is 12.3 Å². The number of benzene rings is 2. The molecular weight excluding hydrogens is 559 g/mol. The highest BCUT2D eigenvalue weighted by molar-refractivity contribution is 9.13. The number of aliphatic hydroxyl groups is 1. The second kappa shape index (κ2) is 10.9. The number of halogens is 3. The third kappa shape index (κ3) is 5.58. The van der Waals surface area contributed by atoms with Crippen molar-refractivity contribution >= 4 is 42.9 Å². The molecule has 0 fully saturated rings. The first-order valence-corrected chi connectivity index (χ1v) is 11.9. The van der Waals surface area contributed by atoms with Gasteiger partial charge in [-0.15, -0.1) is 0 Å². The van der Waals surface area contributed by atoms with Crippen LogP contribution < -0.4 is 9.47 Å². The summed E-state index contributed by atoms with van der Waals surface area (Å²) in [5, 5.41) is 15.3. The van der Waals surface area contributed by atoms with Gasteiger partial charge in [-0.05, 0) is 23.8 Å². The largest absolute Gasteiger partial charge is 0.487 e. The van der Waals surface area contributed by atoms with Crippen molar-refractivity contribution in [1.29, 1.82) is 0 Å². The number of hydrogen-bond acceptors (Lipinski definition) is 6. The topological polar surface area (TPSA) is 82.3 Å². The molecule has 33 heavy (non-hydrogen) atoms. The van der Waals surface area contributed by atoms with Gasteiger partial charge in [0, 0.05) is 15.9 Å². The summed E-state index contributed by atoms with van der Waals surface area (Å²) in [7, 11) is 0. The number of rotatable bonds is 9. The molecule has 0 aliphatic carbocycles. The van der Waals surface area contributed by atoms with Gasteiger partial charge in [0.1, 0.15) is 42.5 Å². The van der Waals surface area contributed by atoms with Crippen molar-refractivity contribution in [1.82, 2.24) is 19.7 Å². The van der Waals surface area contributed by atoms with Crippen LogP contribution in [-0.2, 0) is 13.2 Å². The first kappa shape index (κ1) is 23.3. The Labute approximate surface area is 206 Å². The zero-order valence-corrected chi connectivity index (χ0v) is 20.5. The van der Waals surface area contributed by atoms with E-state index in [1.807, 2.05) is 36.4 Å². The van der Waals surface area contributed by atoms with Crippen LogP contribution in [0.1, 0.15) is 11.4 Å². The van der Waals surface area contributed by atoms with E-state index in [9.17, 15) is 9.50 Å². The molecule has 0 bridgehead atoms. The van der Waals surface area contributed by atoms with Crippen LogP contribution in [-0.4, -0.2) is 36.8 Å². The Morgan fingerprint density at radius 2 is 1.94 bits per heavy atom. The molecular formula is C23H19Br2FN4O3. The lowest BCUT2D eigenvalue weighted by molar-refractivity contribution is 0.262. The number of allylic oxidation sites excluding steroid dienone is 1. The quantitative estimate of drug-likeness (QED) is 0.279. The summed E-state index contributed by atoms with van der Waals surface area (Å²) in [5.74, 6) is 0.335. The molecule has 0 saturated carbocycles. The van der Waals surface area contributed by atoms with Gasteiger partial charge in [-0.2, -0.15) is 10.1 Å². The molecule has 2 aromatic heterocycles. The Morgan fingerprint density at radius 1 is 1.12 bits per heavy atom. The van der Waals surface area contributed by atoms with E-state index >= 15 is 0 Å². The Morgan fingerprint density at radius 3 is 2.70 bits per heavy atom. The summed E-state index contributed by atoms with van der Waals surface area (Å²) >= 11 is 6.74. The number of aromatic nitrogens is 4. The van der Waals surface area contributed by atoms with Gasteiger partial charge in [-0.1, -0.05) is 62.2 Å². The minimum Gasteiger partial charge on any atom is -0.487 e. The summed E-state index contributed by atoms with van der Waals surface area (Å²) < 4.78 is 28.1. The summed E-state index contributed by atoms with van der Waals surface area (Å²) in [6.45, 7) is 0.147. The van der Waals surface area contributed by atoms with Crippen LogP contribution in [0.15, 0.2) is 65.3 Å². The normalized spacial score (nSPS) is 11.7. The zero-order valence-electron chi connectivity index (χ0n) is 17.3. The molecule has 0 unspecified atom stereocenters. The average molecular weight is 578 g/mol. The van der Waals surface area contributed by atoms with Crippen LogP contribution in [0.4, 0.5) is 4.39 Å². The van der Waals surface area contributed by atoms with Crippen LogP contribution in [0, 0.1) is 5.82 Å². The highest BCUT2D eigenvalue weighted by Crippen LogP contribution is 2.30. The van der Waals surface area contributed by atoms with Crippen LogP contribution in [0.2, 0.25) is 0 Å². The smallest absolute Gasteiger partial charge is 0.228 e. The number of ether oxygens (including phenoxy) is 2. The van der Waals surface area contributed by atoms with Gasteiger partial charge in [0.15, 0.2) is 11.5 Å². The van der Waals surface area contributed by atoms with Crippen molar-refractivity contribution in [2.45, 2.75) is 13.2 Å². The Hall–Kier alpha value is -2.82. The highest BCUT2D eigenvalue weighted by atomic mass is 79.9. The highest BCUT2D eigenvalue weighted by Gasteiger charge is 2.18. The summed E-state index contributed by atoms with van der Waals surface area (Å²) in [4.78, 5) is 8.73. The van der Waals surface area contributed by atoms with Gasteiger partial charge in [-0.3, -0.25) is 0 Å². The second-order valence-electron chi connectivity index (χ2n) is 6.88. The fourth-order valence-corrected chi connectivity index (χ4v) is 3.42. The van der Waals surface area contributed by atoms with E-state index in [4.69, 9.17) is 9.47 Å². The summed E-state index contributed by atoms with van der Waals surface area (Å²) in [6, 6.07) is 13.8. The van der Waals surface area contributed by atoms with Crippen LogP contribution >= 0.6 is 31.9 Å². The minimum atomic E-state index is -0.439. The van der Waals surface area contributed by atoms with Crippen molar-refractivity contribution in [2.24, 2.45) is 0 Å². The molecule has 4 aromatic rings. The third-order valence-electron chi connectivity index (χ3n) is 4.62. The minimum absolute atomic E-state index is 0.182. The first-order valence-electron chi connectivity index (χ1n) is 9.94. The molecule has 170 valence electrons. The second-order valence-corrected chi connectivity index (χ2v) is 8.46. The maximum atomic E-state index is 14.0. The van der Waals surface area contributed by atoms with E-state index in [0.29, 0.717) is 40.3 Å². The summed E-state index contributed by atoms with van der Waals surface area (Å²) in [6.07, 6.45) is 3.40. The molecule has 2 aromatic carbocycles. The van der Waals surface area contributed by atoms with Crippen molar-refractivity contribution in [3.8, 4) is 17.3 Å². The standard InChI is InChI=1S/C23H19Br2FN4O3/c24-11-16(25)8-9-32-20-10-17(26)6-7-19(20)30-22-18(12-27-30)23(29-21(13-31)28-22)33-14-15-4-2-1-3-5-15/h1-8,10,12,31H,9,11,13-14H2/b16-8-. The van der Waals surface area contributed by atoms with Crippen molar-refractivity contribution in [3.63, 3.8) is 0 Å². The molecule has 0 spiro atoms. The van der Waals surface area contributed by atoms with E-state index in [0.717, 1.165) is 10.0 Å². The molecule has 0 aliphatic heterocycles. The maximum absolute atomic E-state index is 14.0. The lowest BCUT2D eigenvalue weighted by atomic mass is 10.2. The molecule has 0 radical (unpaired) electrons. The van der Waals surface area contributed by atoms with Gasteiger partial charge in [0.2, 0.25) is 5.88 Å². The molecule has 0 atom stereocenters. The summed E-state index contributed by atoms with van der Waals surface area (Å²) in [5.41, 5.74) is 1.87. The molecule has 10 heteroatoms. The van der Waals surface area contributed by atoms with Crippen LogP contribution in [0.5, 0.6) is 11.6 Å². The molecule has 0 aliphatic rings. The zero-order chi connectivity index (χ0) is 23.2. The van der Waals surface area contributed by atoms with E-state index in [-0.39, 0.29) is 19.0 Å². The Balaban J connectivity index is 1.72. The number of aliphatic hydroxyl groups excluding tert-OH is 1. The number of fused-ring (bicyclic) bond motifs is 1.